The summed E-state index contributed by atoms with van der Waals surface area (Å²) < 4.78 is 4.63. The summed E-state index contributed by atoms with van der Waals surface area (Å²) in [5, 5.41) is 5.05. The van der Waals surface area contributed by atoms with E-state index in [0.29, 0.717) is 11.7 Å². The van der Waals surface area contributed by atoms with Crippen LogP contribution in [0.4, 0.5) is 5.13 Å². The van der Waals surface area contributed by atoms with E-state index in [0.717, 1.165) is 0 Å². The SMILES string of the molecule is COC(=O)C(C)CN(C)CC(=O)Nc1nccs1. The van der Waals surface area contributed by atoms with Crippen molar-refractivity contribution >= 4 is 28.3 Å². The Kier molecular flexibility index (Phi) is 5.73. The quantitative estimate of drug-likeness (QED) is 0.776. The maximum absolute atomic E-state index is 11.6. The number of carbonyl (C=O) groups excluding carboxylic acids is 2. The molecule has 1 atom stereocenters. The molecule has 0 fully saturated rings. The topological polar surface area (TPSA) is 71.5 Å². The summed E-state index contributed by atoms with van der Waals surface area (Å²) in [6.45, 7) is 2.44. The van der Waals surface area contributed by atoms with Crippen LogP contribution in [0.15, 0.2) is 11.6 Å². The third-order valence-corrected chi connectivity index (χ3v) is 2.97. The Morgan fingerprint density at radius 1 is 1.61 bits per heavy atom. The van der Waals surface area contributed by atoms with Gasteiger partial charge in [-0.25, -0.2) is 4.98 Å². The molecule has 0 aromatic carbocycles. The Hall–Kier alpha value is -1.47. The van der Waals surface area contributed by atoms with E-state index < -0.39 is 0 Å². The smallest absolute Gasteiger partial charge is 0.309 e. The van der Waals surface area contributed by atoms with Gasteiger partial charge in [-0.3, -0.25) is 14.5 Å². The van der Waals surface area contributed by atoms with Crippen molar-refractivity contribution in [1.29, 1.82) is 0 Å². The third kappa shape index (κ3) is 4.80. The average molecular weight is 271 g/mol. The van der Waals surface area contributed by atoms with E-state index in [1.165, 1.54) is 18.4 Å². The Bertz CT molecular complexity index is 394. The van der Waals surface area contributed by atoms with Crippen molar-refractivity contribution in [2.75, 3.05) is 32.6 Å². The van der Waals surface area contributed by atoms with Gasteiger partial charge in [0.25, 0.3) is 0 Å². The van der Waals surface area contributed by atoms with Crippen molar-refractivity contribution in [2.24, 2.45) is 5.92 Å². The maximum Gasteiger partial charge on any atom is 0.309 e. The summed E-state index contributed by atoms with van der Waals surface area (Å²) in [7, 11) is 3.13. The second kappa shape index (κ2) is 7.07. The molecule has 1 aromatic heterocycles. The van der Waals surface area contributed by atoms with Gasteiger partial charge in [-0.2, -0.15) is 0 Å². The van der Waals surface area contributed by atoms with Crippen LogP contribution in [0.1, 0.15) is 6.92 Å². The van der Waals surface area contributed by atoms with Gasteiger partial charge < -0.3 is 10.1 Å². The maximum atomic E-state index is 11.6. The largest absolute Gasteiger partial charge is 0.469 e. The number of hydrogen-bond donors (Lipinski definition) is 1. The molecule has 6 nitrogen and oxygen atoms in total. The van der Waals surface area contributed by atoms with Crippen molar-refractivity contribution in [3.05, 3.63) is 11.6 Å². The number of esters is 1. The Morgan fingerprint density at radius 3 is 2.89 bits per heavy atom. The highest BCUT2D eigenvalue weighted by molar-refractivity contribution is 7.13. The number of amides is 1. The number of rotatable bonds is 6. The average Bonchev–Trinajstić information content (AvgIpc) is 2.79. The Morgan fingerprint density at radius 2 is 2.33 bits per heavy atom. The van der Waals surface area contributed by atoms with Crippen LogP contribution in [0.2, 0.25) is 0 Å². The van der Waals surface area contributed by atoms with Crippen molar-refractivity contribution in [3.8, 4) is 0 Å². The van der Waals surface area contributed by atoms with Crippen LogP contribution in [0.5, 0.6) is 0 Å². The number of nitrogens with one attached hydrogen (secondary N) is 1. The monoisotopic (exact) mass is 271 g/mol. The highest BCUT2D eigenvalue weighted by Crippen LogP contribution is 2.10. The van der Waals surface area contributed by atoms with Crippen molar-refractivity contribution in [3.63, 3.8) is 0 Å². The molecule has 0 saturated heterocycles. The number of aromatic nitrogens is 1. The van der Waals surface area contributed by atoms with Gasteiger partial charge in [0.1, 0.15) is 0 Å². The van der Waals surface area contributed by atoms with Gasteiger partial charge in [0.05, 0.1) is 19.6 Å². The highest BCUT2D eigenvalue weighted by Gasteiger charge is 2.17. The summed E-state index contributed by atoms with van der Waals surface area (Å²) >= 11 is 1.37. The third-order valence-electron chi connectivity index (χ3n) is 2.28. The number of methoxy groups -OCH3 is 1. The second-order valence-electron chi connectivity index (χ2n) is 4.01. The number of likely N-dealkylation sites (N-methyl/N-ethyl adjacent to an activating group) is 1. The van der Waals surface area contributed by atoms with Gasteiger partial charge in [0, 0.05) is 18.1 Å². The number of anilines is 1. The van der Waals surface area contributed by atoms with Crippen molar-refractivity contribution in [2.45, 2.75) is 6.92 Å². The molecule has 0 radical (unpaired) electrons. The van der Waals surface area contributed by atoms with Crippen LogP contribution in [-0.2, 0) is 14.3 Å². The van der Waals surface area contributed by atoms with E-state index in [2.05, 4.69) is 15.0 Å². The zero-order valence-electron chi connectivity index (χ0n) is 10.7. The van der Waals surface area contributed by atoms with E-state index in [-0.39, 0.29) is 24.3 Å². The van der Waals surface area contributed by atoms with Gasteiger partial charge >= 0.3 is 5.97 Å². The lowest BCUT2D eigenvalue weighted by Gasteiger charge is -2.18. The molecule has 1 rings (SSSR count). The molecule has 0 aliphatic carbocycles. The summed E-state index contributed by atoms with van der Waals surface area (Å²) in [5.41, 5.74) is 0. The summed E-state index contributed by atoms with van der Waals surface area (Å²) in [4.78, 5) is 28.6. The van der Waals surface area contributed by atoms with Crippen LogP contribution in [0.25, 0.3) is 0 Å². The molecule has 0 saturated carbocycles. The summed E-state index contributed by atoms with van der Waals surface area (Å²) in [6, 6.07) is 0. The zero-order valence-corrected chi connectivity index (χ0v) is 11.5. The van der Waals surface area contributed by atoms with Crippen LogP contribution in [-0.4, -0.2) is 49.0 Å². The molecule has 0 spiro atoms. The van der Waals surface area contributed by atoms with E-state index in [1.54, 1.807) is 30.4 Å². The molecule has 1 unspecified atom stereocenters. The van der Waals surface area contributed by atoms with Crippen LogP contribution in [0.3, 0.4) is 0 Å². The molecule has 7 heteroatoms. The molecule has 1 N–H and O–H groups in total. The minimum absolute atomic E-state index is 0.149. The number of carbonyl (C=O) groups is 2. The first-order chi connectivity index (χ1) is 8.52. The predicted molar refractivity (Wildman–Crippen MR) is 69.4 cm³/mol. The molecule has 18 heavy (non-hydrogen) atoms. The Labute approximate surface area is 110 Å². The first kappa shape index (κ1) is 14.6. The van der Waals surface area contributed by atoms with Crippen LogP contribution in [0, 0.1) is 5.92 Å². The zero-order chi connectivity index (χ0) is 13.5. The van der Waals surface area contributed by atoms with E-state index in [4.69, 9.17) is 0 Å². The minimum Gasteiger partial charge on any atom is -0.469 e. The van der Waals surface area contributed by atoms with E-state index in [1.807, 2.05) is 0 Å². The number of ether oxygens (including phenoxy) is 1. The fourth-order valence-electron chi connectivity index (χ4n) is 1.50. The molecule has 1 heterocycles. The summed E-state index contributed by atoms with van der Waals surface area (Å²) in [6.07, 6.45) is 1.63. The van der Waals surface area contributed by atoms with Crippen molar-refractivity contribution < 1.29 is 14.3 Å². The minimum atomic E-state index is -0.276. The lowest BCUT2D eigenvalue weighted by atomic mass is 10.2. The van der Waals surface area contributed by atoms with Crippen molar-refractivity contribution in [1.82, 2.24) is 9.88 Å². The molecule has 0 bridgehead atoms. The van der Waals surface area contributed by atoms with Gasteiger partial charge in [-0.15, -0.1) is 11.3 Å². The number of hydrogen-bond acceptors (Lipinski definition) is 6. The fourth-order valence-corrected chi connectivity index (χ4v) is 2.04. The molecular formula is C11H17N3O3S. The lowest BCUT2D eigenvalue weighted by Crippen LogP contribution is -2.35. The first-order valence-electron chi connectivity index (χ1n) is 5.48. The van der Waals surface area contributed by atoms with Gasteiger partial charge in [0.2, 0.25) is 5.91 Å². The van der Waals surface area contributed by atoms with Gasteiger partial charge in [-0.05, 0) is 7.05 Å². The molecule has 100 valence electrons. The lowest BCUT2D eigenvalue weighted by molar-refractivity contribution is -0.145. The normalized spacial score (nSPS) is 12.2. The predicted octanol–water partition coefficient (Wildman–Crippen LogP) is 0.822. The first-order valence-corrected chi connectivity index (χ1v) is 6.36. The molecule has 1 amide bonds. The Balaban J connectivity index is 2.33. The van der Waals surface area contributed by atoms with E-state index >= 15 is 0 Å². The molecule has 0 aliphatic heterocycles. The second-order valence-corrected chi connectivity index (χ2v) is 4.90. The standard InChI is InChI=1S/C11H17N3O3S/c1-8(10(16)17-3)6-14(2)7-9(15)13-11-12-4-5-18-11/h4-5,8H,6-7H2,1-3H3,(H,12,13,15). The van der Waals surface area contributed by atoms with Crippen LogP contribution >= 0.6 is 11.3 Å². The number of nitrogens with zero attached hydrogens (tertiary/aromatic N) is 2. The number of thiazole rings is 1. The molecule has 1 aromatic rings. The van der Waals surface area contributed by atoms with Gasteiger partial charge in [-0.1, -0.05) is 6.92 Å². The fraction of sp³-hybridized carbons (Fsp3) is 0.545. The highest BCUT2D eigenvalue weighted by atomic mass is 32.1. The molecular weight excluding hydrogens is 254 g/mol. The summed E-state index contributed by atoms with van der Waals surface area (Å²) in [5.74, 6) is -0.681. The van der Waals surface area contributed by atoms with E-state index in [9.17, 15) is 9.59 Å². The van der Waals surface area contributed by atoms with Gasteiger partial charge in [0.15, 0.2) is 5.13 Å². The van der Waals surface area contributed by atoms with Crippen LogP contribution < -0.4 is 5.32 Å². The molecule has 0 aliphatic rings.